The zero-order chi connectivity index (χ0) is 20.8. The lowest BCUT2D eigenvalue weighted by molar-refractivity contribution is 0.0954. The minimum atomic E-state index is -0.303. The van der Waals surface area contributed by atoms with Gasteiger partial charge in [-0.25, -0.2) is 4.39 Å². The lowest BCUT2D eigenvalue weighted by Crippen LogP contribution is -2.26. The lowest BCUT2D eigenvalue weighted by Gasteiger charge is -2.11. The summed E-state index contributed by atoms with van der Waals surface area (Å²) in [6.07, 6.45) is 0.394. The molecule has 5 heteroatoms. The average Bonchev–Trinajstić information content (AvgIpc) is 2.73. The first-order valence-electron chi connectivity index (χ1n) is 9.45. The third-order valence-electron chi connectivity index (χ3n) is 4.88. The number of rotatable bonds is 6. The van der Waals surface area contributed by atoms with E-state index in [4.69, 9.17) is 0 Å². The van der Waals surface area contributed by atoms with E-state index < -0.39 is 0 Å². The van der Waals surface area contributed by atoms with Gasteiger partial charge in [-0.05, 0) is 67.3 Å². The normalized spacial score (nSPS) is 10.4. The summed E-state index contributed by atoms with van der Waals surface area (Å²) in [5.41, 5.74) is 4.16. The highest BCUT2D eigenvalue weighted by Gasteiger charge is 2.12. The Morgan fingerprint density at radius 3 is 2.31 bits per heavy atom. The molecule has 0 aliphatic heterocycles. The molecule has 0 saturated heterocycles. The molecule has 0 heterocycles. The Morgan fingerprint density at radius 1 is 0.862 bits per heavy atom. The highest BCUT2D eigenvalue weighted by molar-refractivity contribution is 6.06. The van der Waals surface area contributed by atoms with E-state index in [1.807, 2.05) is 32.0 Å². The molecule has 29 heavy (non-hydrogen) atoms. The molecule has 0 atom stereocenters. The molecule has 3 aromatic rings. The van der Waals surface area contributed by atoms with Crippen molar-refractivity contribution >= 4 is 17.5 Å². The molecule has 0 aromatic heterocycles. The molecule has 0 aliphatic carbocycles. The van der Waals surface area contributed by atoms with E-state index in [0.717, 1.165) is 16.8 Å². The van der Waals surface area contributed by atoms with Crippen LogP contribution < -0.4 is 10.6 Å². The summed E-state index contributed by atoms with van der Waals surface area (Å²) < 4.78 is 13.7. The van der Waals surface area contributed by atoms with Crippen molar-refractivity contribution in [2.75, 3.05) is 11.9 Å². The van der Waals surface area contributed by atoms with E-state index in [-0.39, 0.29) is 17.6 Å². The standard InChI is InChI=1S/C24H23FN2O2/c1-16-7-5-12-22(17(16)2)27-24(29)20-10-6-9-19(15-20)23(28)26-14-13-18-8-3-4-11-21(18)25/h3-12,15H,13-14H2,1-2H3,(H,26,28)(H,27,29). The van der Waals surface area contributed by atoms with Gasteiger partial charge in [0.05, 0.1) is 0 Å². The van der Waals surface area contributed by atoms with Gasteiger partial charge in [0.2, 0.25) is 0 Å². The minimum Gasteiger partial charge on any atom is -0.352 e. The highest BCUT2D eigenvalue weighted by Crippen LogP contribution is 2.19. The van der Waals surface area contributed by atoms with Crippen LogP contribution in [0.25, 0.3) is 0 Å². The van der Waals surface area contributed by atoms with E-state index in [1.54, 1.807) is 42.5 Å². The van der Waals surface area contributed by atoms with Gasteiger partial charge in [-0.15, -0.1) is 0 Å². The number of aryl methyl sites for hydroxylation is 1. The number of anilines is 1. The predicted octanol–water partition coefficient (Wildman–Crippen LogP) is 4.67. The molecule has 148 valence electrons. The molecule has 0 fully saturated rings. The maximum Gasteiger partial charge on any atom is 0.255 e. The van der Waals surface area contributed by atoms with E-state index in [2.05, 4.69) is 10.6 Å². The maximum absolute atomic E-state index is 13.7. The number of hydrogen-bond donors (Lipinski definition) is 2. The number of nitrogens with one attached hydrogen (secondary N) is 2. The van der Waals surface area contributed by atoms with Gasteiger partial charge in [-0.3, -0.25) is 9.59 Å². The van der Waals surface area contributed by atoms with Crippen molar-refractivity contribution in [1.82, 2.24) is 5.32 Å². The van der Waals surface area contributed by atoms with Crippen LogP contribution in [0.3, 0.4) is 0 Å². The van der Waals surface area contributed by atoms with E-state index in [0.29, 0.717) is 29.7 Å². The topological polar surface area (TPSA) is 58.2 Å². The molecular formula is C24H23FN2O2. The second kappa shape index (κ2) is 9.15. The summed E-state index contributed by atoms with van der Waals surface area (Å²) in [5, 5.41) is 5.66. The van der Waals surface area contributed by atoms with Crippen LogP contribution >= 0.6 is 0 Å². The van der Waals surface area contributed by atoms with E-state index in [9.17, 15) is 14.0 Å². The van der Waals surface area contributed by atoms with Gasteiger partial charge in [-0.2, -0.15) is 0 Å². The van der Waals surface area contributed by atoms with Crippen LogP contribution in [0.4, 0.5) is 10.1 Å². The number of carbonyl (C=O) groups is 2. The second-order valence-electron chi connectivity index (χ2n) is 6.88. The van der Waals surface area contributed by atoms with E-state index >= 15 is 0 Å². The number of amides is 2. The summed E-state index contributed by atoms with van der Waals surface area (Å²) in [6, 6.07) is 18.7. The molecule has 0 unspecified atom stereocenters. The fourth-order valence-electron chi connectivity index (χ4n) is 3.00. The van der Waals surface area contributed by atoms with Crippen molar-refractivity contribution in [3.63, 3.8) is 0 Å². The summed E-state index contributed by atoms with van der Waals surface area (Å²) in [6.45, 7) is 4.24. The van der Waals surface area contributed by atoms with Crippen molar-refractivity contribution in [3.05, 3.63) is 100 Å². The second-order valence-corrected chi connectivity index (χ2v) is 6.88. The van der Waals surface area contributed by atoms with Crippen LogP contribution in [0.15, 0.2) is 66.7 Å². The van der Waals surface area contributed by atoms with Crippen LogP contribution in [0.2, 0.25) is 0 Å². The predicted molar refractivity (Wildman–Crippen MR) is 113 cm³/mol. The molecule has 3 aromatic carbocycles. The molecule has 3 rings (SSSR count). The fourth-order valence-corrected chi connectivity index (χ4v) is 3.00. The van der Waals surface area contributed by atoms with Crippen molar-refractivity contribution in [2.45, 2.75) is 20.3 Å². The van der Waals surface area contributed by atoms with Gasteiger partial charge in [-0.1, -0.05) is 36.4 Å². The number of benzene rings is 3. The molecular weight excluding hydrogens is 367 g/mol. The largest absolute Gasteiger partial charge is 0.352 e. The SMILES string of the molecule is Cc1cccc(NC(=O)c2cccc(C(=O)NCCc3ccccc3F)c2)c1C. The zero-order valence-electron chi connectivity index (χ0n) is 16.5. The van der Waals surface area contributed by atoms with Gasteiger partial charge in [0.25, 0.3) is 11.8 Å². The third kappa shape index (κ3) is 5.08. The molecule has 0 aliphatic rings. The van der Waals surface area contributed by atoms with Crippen LogP contribution in [-0.4, -0.2) is 18.4 Å². The Bertz CT molecular complexity index is 1050. The molecule has 0 bridgehead atoms. The first-order valence-corrected chi connectivity index (χ1v) is 9.45. The summed E-state index contributed by atoms with van der Waals surface area (Å²) in [7, 11) is 0. The molecule has 0 radical (unpaired) electrons. The quantitative estimate of drug-likeness (QED) is 0.643. The third-order valence-corrected chi connectivity index (χ3v) is 4.88. The molecule has 4 nitrogen and oxygen atoms in total. The van der Waals surface area contributed by atoms with Crippen molar-refractivity contribution in [1.29, 1.82) is 0 Å². The van der Waals surface area contributed by atoms with Crippen LogP contribution in [0, 0.1) is 19.7 Å². The van der Waals surface area contributed by atoms with Gasteiger partial charge < -0.3 is 10.6 Å². The van der Waals surface area contributed by atoms with Gasteiger partial charge in [0, 0.05) is 23.4 Å². The van der Waals surface area contributed by atoms with Crippen molar-refractivity contribution < 1.29 is 14.0 Å². The minimum absolute atomic E-state index is 0.278. The molecule has 2 amide bonds. The Labute approximate surface area is 169 Å². The summed E-state index contributed by atoms with van der Waals surface area (Å²) in [5.74, 6) is -0.866. The van der Waals surface area contributed by atoms with Crippen LogP contribution in [-0.2, 0) is 6.42 Å². The molecule has 2 N–H and O–H groups in total. The fraction of sp³-hybridized carbons (Fsp3) is 0.167. The van der Waals surface area contributed by atoms with Gasteiger partial charge in [0.1, 0.15) is 5.82 Å². The number of halogens is 1. The van der Waals surface area contributed by atoms with Crippen molar-refractivity contribution in [3.8, 4) is 0 Å². The Balaban J connectivity index is 1.63. The Kier molecular flexibility index (Phi) is 6.39. The Hall–Kier alpha value is -3.47. The number of carbonyl (C=O) groups excluding carboxylic acids is 2. The van der Waals surface area contributed by atoms with Gasteiger partial charge >= 0.3 is 0 Å². The highest BCUT2D eigenvalue weighted by atomic mass is 19.1. The Morgan fingerprint density at radius 2 is 1.55 bits per heavy atom. The average molecular weight is 390 g/mol. The smallest absolute Gasteiger partial charge is 0.255 e. The number of hydrogen-bond acceptors (Lipinski definition) is 2. The van der Waals surface area contributed by atoms with E-state index in [1.165, 1.54) is 6.07 Å². The van der Waals surface area contributed by atoms with Crippen molar-refractivity contribution in [2.24, 2.45) is 0 Å². The molecule has 0 spiro atoms. The maximum atomic E-state index is 13.7. The first kappa shape index (κ1) is 20.3. The van der Waals surface area contributed by atoms with Gasteiger partial charge in [0.15, 0.2) is 0 Å². The van der Waals surface area contributed by atoms with Crippen LogP contribution in [0.5, 0.6) is 0 Å². The first-order chi connectivity index (χ1) is 14.0. The summed E-state index contributed by atoms with van der Waals surface area (Å²) >= 11 is 0. The summed E-state index contributed by atoms with van der Waals surface area (Å²) in [4.78, 5) is 25.0. The van der Waals surface area contributed by atoms with Crippen LogP contribution in [0.1, 0.15) is 37.4 Å². The lowest BCUT2D eigenvalue weighted by atomic mass is 10.1. The molecule has 0 saturated carbocycles. The monoisotopic (exact) mass is 390 g/mol. The zero-order valence-corrected chi connectivity index (χ0v) is 16.5.